The number of nitrogens with zero attached hydrogens (tertiary/aromatic N) is 6. The Balaban J connectivity index is 0.00000306. The molecular formula is C23H33FIN7O. The van der Waals surface area contributed by atoms with Crippen molar-refractivity contribution in [2.75, 3.05) is 55.6 Å². The van der Waals surface area contributed by atoms with Gasteiger partial charge in [-0.3, -0.25) is 0 Å². The maximum atomic E-state index is 14.8. The van der Waals surface area contributed by atoms with Crippen LogP contribution in [0.4, 0.5) is 16.0 Å². The van der Waals surface area contributed by atoms with Crippen LogP contribution >= 0.6 is 24.0 Å². The van der Waals surface area contributed by atoms with E-state index in [1.165, 1.54) is 0 Å². The number of piperazine rings is 1. The van der Waals surface area contributed by atoms with Gasteiger partial charge in [-0.2, -0.15) is 0 Å². The van der Waals surface area contributed by atoms with Crippen LogP contribution in [-0.4, -0.2) is 77.9 Å². The first-order valence-corrected chi connectivity index (χ1v) is 11.4. The number of hydrogen-bond donors (Lipinski definition) is 2. The number of halogens is 2. The lowest BCUT2D eigenvalue weighted by molar-refractivity contribution is 0.145. The molecule has 0 atom stereocenters. The van der Waals surface area contributed by atoms with Crippen LogP contribution in [0.2, 0.25) is 0 Å². The van der Waals surface area contributed by atoms with Crippen molar-refractivity contribution < 1.29 is 9.50 Å². The summed E-state index contributed by atoms with van der Waals surface area (Å²) < 4.78 is 14.8. The molecule has 33 heavy (non-hydrogen) atoms. The van der Waals surface area contributed by atoms with Crippen LogP contribution in [0.15, 0.2) is 41.7 Å². The molecule has 2 N–H and O–H groups in total. The fourth-order valence-electron chi connectivity index (χ4n) is 4.18. The summed E-state index contributed by atoms with van der Waals surface area (Å²) in [5, 5.41) is 13.0. The third-order valence-electron chi connectivity index (χ3n) is 5.98. The van der Waals surface area contributed by atoms with E-state index >= 15 is 0 Å². The monoisotopic (exact) mass is 569 g/mol. The zero-order valence-electron chi connectivity index (χ0n) is 19.0. The number of aliphatic hydroxyl groups excluding tert-OH is 1. The number of aromatic nitrogens is 2. The Morgan fingerprint density at radius 2 is 1.79 bits per heavy atom. The third-order valence-corrected chi connectivity index (χ3v) is 5.98. The van der Waals surface area contributed by atoms with E-state index < -0.39 is 0 Å². The lowest BCUT2D eigenvalue weighted by Crippen LogP contribution is -2.52. The van der Waals surface area contributed by atoms with E-state index in [-0.39, 0.29) is 35.9 Å². The first-order chi connectivity index (χ1) is 15.6. The van der Waals surface area contributed by atoms with Gasteiger partial charge in [0, 0.05) is 58.2 Å². The Morgan fingerprint density at radius 3 is 2.42 bits per heavy atom. The molecule has 0 saturated carbocycles. The first kappa shape index (κ1) is 25.4. The summed E-state index contributed by atoms with van der Waals surface area (Å²) in [7, 11) is 0. The highest BCUT2D eigenvalue weighted by Crippen LogP contribution is 2.24. The van der Waals surface area contributed by atoms with Crippen LogP contribution < -0.4 is 15.1 Å². The van der Waals surface area contributed by atoms with Crippen LogP contribution in [0.25, 0.3) is 0 Å². The van der Waals surface area contributed by atoms with Crippen LogP contribution in [0, 0.1) is 5.82 Å². The van der Waals surface area contributed by atoms with E-state index in [0.717, 1.165) is 50.2 Å². The second-order valence-electron chi connectivity index (χ2n) is 8.20. The molecule has 0 radical (unpaired) electrons. The van der Waals surface area contributed by atoms with Gasteiger partial charge >= 0.3 is 0 Å². The van der Waals surface area contributed by atoms with Crippen molar-refractivity contribution in [3.8, 4) is 0 Å². The smallest absolute Gasteiger partial charge is 0.225 e. The molecule has 0 aliphatic carbocycles. The van der Waals surface area contributed by atoms with Gasteiger partial charge < -0.3 is 25.1 Å². The second-order valence-corrected chi connectivity index (χ2v) is 8.20. The van der Waals surface area contributed by atoms with Gasteiger partial charge in [0.05, 0.1) is 18.3 Å². The number of hydrogen-bond acceptors (Lipinski definition) is 6. The predicted octanol–water partition coefficient (Wildman–Crippen LogP) is 2.48. The minimum absolute atomic E-state index is 0. The average molecular weight is 569 g/mol. The molecule has 1 aromatic heterocycles. The zero-order valence-corrected chi connectivity index (χ0v) is 21.4. The van der Waals surface area contributed by atoms with Gasteiger partial charge in [0.15, 0.2) is 5.96 Å². The van der Waals surface area contributed by atoms with Crippen molar-refractivity contribution in [1.29, 1.82) is 0 Å². The van der Waals surface area contributed by atoms with Gasteiger partial charge in [-0.1, -0.05) is 6.07 Å². The van der Waals surface area contributed by atoms with Crippen molar-refractivity contribution in [3.63, 3.8) is 0 Å². The van der Waals surface area contributed by atoms with Gasteiger partial charge in [-0.25, -0.2) is 19.4 Å². The fraction of sp³-hybridized carbons (Fsp3) is 0.522. The average Bonchev–Trinajstić information content (AvgIpc) is 2.83. The van der Waals surface area contributed by atoms with E-state index in [4.69, 9.17) is 4.99 Å². The highest BCUT2D eigenvalue weighted by atomic mass is 127. The van der Waals surface area contributed by atoms with E-state index in [9.17, 15) is 9.50 Å². The molecular weight excluding hydrogens is 536 g/mol. The topological polar surface area (TPSA) is 80.1 Å². The van der Waals surface area contributed by atoms with E-state index in [2.05, 4.69) is 25.1 Å². The molecule has 2 aliphatic heterocycles. The molecule has 3 heterocycles. The zero-order chi connectivity index (χ0) is 22.3. The highest BCUT2D eigenvalue weighted by Gasteiger charge is 2.22. The second kappa shape index (κ2) is 12.3. The summed E-state index contributed by atoms with van der Waals surface area (Å²) in [5.74, 6) is 1.37. The number of guanidine groups is 1. The predicted molar refractivity (Wildman–Crippen MR) is 140 cm³/mol. The number of aliphatic hydroxyl groups is 1. The molecule has 0 unspecified atom stereocenters. The molecule has 1 aromatic carbocycles. The number of piperidine rings is 1. The molecule has 180 valence electrons. The minimum Gasteiger partial charge on any atom is -0.393 e. The number of benzene rings is 1. The largest absolute Gasteiger partial charge is 0.393 e. The van der Waals surface area contributed by atoms with Crippen molar-refractivity contribution in [1.82, 2.24) is 20.2 Å². The number of anilines is 2. The fourth-order valence-corrected chi connectivity index (χ4v) is 4.18. The number of nitrogens with one attached hydrogen (secondary N) is 1. The van der Waals surface area contributed by atoms with Gasteiger partial charge in [0.25, 0.3) is 0 Å². The summed E-state index contributed by atoms with van der Waals surface area (Å²) in [4.78, 5) is 19.9. The molecule has 2 saturated heterocycles. The maximum absolute atomic E-state index is 14.8. The summed E-state index contributed by atoms with van der Waals surface area (Å²) in [5.41, 5.74) is 1.45. The molecule has 4 rings (SSSR count). The maximum Gasteiger partial charge on any atom is 0.225 e. The number of aliphatic imine (C=N–C) groups is 1. The summed E-state index contributed by atoms with van der Waals surface area (Å²) in [6.07, 6.45) is 4.62. The van der Waals surface area contributed by atoms with Crippen molar-refractivity contribution in [2.24, 2.45) is 4.99 Å². The SMILES string of the molecule is CCNC(=NCc1ccc(N2CCC(O)CC2)c(F)c1)N1CCN(c2ncccn2)CC1.I. The Morgan fingerprint density at radius 1 is 1.09 bits per heavy atom. The lowest BCUT2D eigenvalue weighted by atomic mass is 10.1. The quantitative estimate of drug-likeness (QED) is 0.326. The van der Waals surface area contributed by atoms with Crippen LogP contribution in [0.1, 0.15) is 25.3 Å². The van der Waals surface area contributed by atoms with Crippen LogP contribution in [0.3, 0.4) is 0 Å². The Labute approximate surface area is 211 Å². The Hall–Kier alpha value is -2.21. The summed E-state index contributed by atoms with van der Waals surface area (Å²) >= 11 is 0. The van der Waals surface area contributed by atoms with Gasteiger partial charge in [-0.05, 0) is 43.5 Å². The van der Waals surface area contributed by atoms with Crippen molar-refractivity contribution >= 4 is 41.6 Å². The number of rotatable bonds is 5. The first-order valence-electron chi connectivity index (χ1n) is 11.4. The molecule has 2 aromatic rings. The third kappa shape index (κ3) is 6.66. The normalized spacial score (nSPS) is 17.7. The van der Waals surface area contributed by atoms with Gasteiger partial charge in [0.2, 0.25) is 5.95 Å². The minimum atomic E-state index is -0.269. The molecule has 8 nitrogen and oxygen atoms in total. The van der Waals surface area contributed by atoms with Gasteiger partial charge in [-0.15, -0.1) is 24.0 Å². The van der Waals surface area contributed by atoms with E-state index in [0.29, 0.717) is 38.2 Å². The molecule has 2 fully saturated rings. The molecule has 10 heteroatoms. The standard InChI is InChI=1S/C23H32FN7O.HI/c1-2-25-22(30-12-14-31(15-13-30)23-26-8-3-9-27-23)28-17-18-4-5-21(20(24)16-18)29-10-6-19(32)7-11-29;/h3-5,8-9,16,19,32H,2,6-7,10-15,17H2,1H3,(H,25,28);1H. The van der Waals surface area contributed by atoms with Crippen molar-refractivity contribution in [3.05, 3.63) is 48.0 Å². The molecule has 0 spiro atoms. The highest BCUT2D eigenvalue weighted by molar-refractivity contribution is 14.0. The molecule has 0 amide bonds. The lowest BCUT2D eigenvalue weighted by Gasteiger charge is -2.36. The van der Waals surface area contributed by atoms with E-state index in [1.54, 1.807) is 18.5 Å². The van der Waals surface area contributed by atoms with Crippen molar-refractivity contribution in [2.45, 2.75) is 32.4 Å². The van der Waals surface area contributed by atoms with Crippen LogP contribution in [-0.2, 0) is 6.54 Å². The summed E-state index contributed by atoms with van der Waals surface area (Å²) in [6, 6.07) is 7.19. The Bertz CT molecular complexity index is 901. The summed E-state index contributed by atoms with van der Waals surface area (Å²) in [6.45, 7) is 7.88. The van der Waals surface area contributed by atoms with E-state index in [1.807, 2.05) is 30.0 Å². The molecule has 0 bridgehead atoms. The van der Waals surface area contributed by atoms with Crippen LogP contribution in [0.5, 0.6) is 0 Å². The Kier molecular flexibility index (Phi) is 9.48. The van der Waals surface area contributed by atoms with Gasteiger partial charge in [0.1, 0.15) is 5.82 Å². The molecule has 2 aliphatic rings.